The average molecular weight is 518 g/mol. The summed E-state index contributed by atoms with van der Waals surface area (Å²) in [5.74, 6) is -1.91. The summed E-state index contributed by atoms with van der Waals surface area (Å²) in [6.45, 7) is 3.00. The first-order valence-electron chi connectivity index (χ1n) is 12.0. The minimum Gasteiger partial charge on any atom is -0.334 e. The number of rotatable bonds is 5. The highest BCUT2D eigenvalue weighted by molar-refractivity contribution is 6.34. The summed E-state index contributed by atoms with van der Waals surface area (Å²) in [5, 5.41) is 6.02. The van der Waals surface area contributed by atoms with Crippen molar-refractivity contribution >= 4 is 29.4 Å². The number of piperidine rings is 1. The fourth-order valence-electron chi connectivity index (χ4n) is 5.40. The van der Waals surface area contributed by atoms with Gasteiger partial charge >= 0.3 is 0 Å². The maximum absolute atomic E-state index is 14.5. The highest BCUT2D eigenvalue weighted by atomic mass is 35.5. The van der Waals surface area contributed by atoms with Crippen LogP contribution >= 0.6 is 11.6 Å². The lowest BCUT2D eigenvalue weighted by atomic mass is 9.89. The first kappa shape index (κ1) is 24.6. The molecular weight excluding hydrogens is 491 g/mol. The van der Waals surface area contributed by atoms with Gasteiger partial charge in [0, 0.05) is 43.9 Å². The van der Waals surface area contributed by atoms with Crippen LogP contribution in [0.3, 0.4) is 0 Å². The summed E-state index contributed by atoms with van der Waals surface area (Å²) in [6.07, 6.45) is 3.60. The van der Waals surface area contributed by atoms with E-state index in [9.17, 15) is 18.0 Å². The zero-order chi connectivity index (χ0) is 25.6. The Labute approximate surface area is 212 Å². The Morgan fingerprint density at radius 2 is 1.86 bits per heavy atom. The van der Waals surface area contributed by atoms with Crippen LogP contribution in [0, 0.1) is 23.4 Å². The number of benzene rings is 2. The molecule has 3 aliphatic heterocycles. The normalized spacial score (nSPS) is 23.3. The third kappa shape index (κ3) is 4.57. The minimum atomic E-state index is -0.649. The molecule has 190 valence electrons. The number of carbonyl (C=O) groups excluding carboxylic acids is 1. The van der Waals surface area contributed by atoms with E-state index < -0.39 is 17.5 Å². The minimum absolute atomic E-state index is 0.142. The van der Waals surface area contributed by atoms with Gasteiger partial charge in [0.1, 0.15) is 17.5 Å². The maximum atomic E-state index is 14.5. The van der Waals surface area contributed by atoms with Gasteiger partial charge in [0.2, 0.25) is 0 Å². The smallest absolute Gasteiger partial charge is 0.255 e. The Kier molecular flexibility index (Phi) is 6.70. The third-order valence-electron chi connectivity index (χ3n) is 7.20. The van der Waals surface area contributed by atoms with Crippen molar-refractivity contribution in [2.75, 3.05) is 20.1 Å². The van der Waals surface area contributed by atoms with Crippen LogP contribution in [0.5, 0.6) is 0 Å². The Hall–Kier alpha value is -3.04. The summed E-state index contributed by atoms with van der Waals surface area (Å²) in [4.78, 5) is 15.3. The summed E-state index contributed by atoms with van der Waals surface area (Å²) in [6, 6.07) is 5.47. The monoisotopic (exact) mass is 517 g/mol. The number of aryl methyl sites for hydroxylation is 1. The van der Waals surface area contributed by atoms with Gasteiger partial charge in [-0.25, -0.2) is 18.6 Å². The molecule has 2 unspecified atom stereocenters. The second-order valence-corrected chi connectivity index (χ2v) is 9.93. The van der Waals surface area contributed by atoms with Gasteiger partial charge in [-0.3, -0.25) is 4.79 Å². The molecule has 1 amide bonds. The molecule has 6 nitrogen and oxygen atoms in total. The molecule has 0 saturated carbocycles. The molecule has 3 heterocycles. The Balaban J connectivity index is 1.39. The van der Waals surface area contributed by atoms with Crippen molar-refractivity contribution in [1.82, 2.24) is 20.8 Å². The Bertz CT molecular complexity index is 1250. The molecule has 36 heavy (non-hydrogen) atoms. The molecule has 10 heteroatoms. The molecule has 3 aliphatic rings. The van der Waals surface area contributed by atoms with Crippen molar-refractivity contribution in [3.8, 4) is 0 Å². The summed E-state index contributed by atoms with van der Waals surface area (Å²) in [5.41, 5.74) is 9.06. The standard InChI is InChI=1S/C26H27ClF3N5O/c1-14-24-21(25(34(2)33-24)17-8-18(28)10-19(29)9-17)5-6-35(14)26(36)22-11-20(30)7-16(23(22)27)4-3-15-12-31-32-13-15/h7-12,14-15,24,32-33H,3-6,13H2,1-2H3/t14-,15?,24?/m0/s1. The number of carbonyl (C=O) groups is 1. The van der Waals surface area contributed by atoms with Crippen LogP contribution in [0.1, 0.15) is 41.3 Å². The van der Waals surface area contributed by atoms with E-state index in [1.54, 1.807) is 17.0 Å². The molecule has 1 fully saturated rings. The second-order valence-electron chi connectivity index (χ2n) is 9.55. The van der Waals surface area contributed by atoms with Crippen LogP contribution in [0.2, 0.25) is 5.02 Å². The summed E-state index contributed by atoms with van der Waals surface area (Å²) < 4.78 is 42.4. The van der Waals surface area contributed by atoms with E-state index in [0.29, 0.717) is 36.2 Å². The highest BCUT2D eigenvalue weighted by Gasteiger charge is 2.41. The van der Waals surface area contributed by atoms with Gasteiger partial charge in [-0.2, -0.15) is 5.10 Å². The van der Waals surface area contributed by atoms with Crippen molar-refractivity contribution in [2.45, 2.75) is 38.3 Å². The number of hydrogen-bond acceptors (Lipinski definition) is 5. The van der Waals surface area contributed by atoms with Crippen LogP contribution in [0.15, 0.2) is 41.0 Å². The lowest BCUT2D eigenvalue weighted by Crippen LogP contribution is -2.55. The van der Waals surface area contributed by atoms with Gasteiger partial charge in [0.25, 0.3) is 5.91 Å². The molecule has 0 radical (unpaired) electrons. The third-order valence-corrected chi connectivity index (χ3v) is 7.64. The topological polar surface area (TPSA) is 60.0 Å². The molecule has 0 aromatic heterocycles. The van der Waals surface area contributed by atoms with E-state index in [1.807, 2.05) is 13.1 Å². The van der Waals surface area contributed by atoms with E-state index in [4.69, 9.17) is 11.6 Å². The van der Waals surface area contributed by atoms with E-state index in [1.165, 1.54) is 24.3 Å². The van der Waals surface area contributed by atoms with Crippen LogP contribution < -0.4 is 10.9 Å². The largest absolute Gasteiger partial charge is 0.334 e. The van der Waals surface area contributed by atoms with E-state index in [2.05, 4.69) is 16.0 Å². The number of hydrazine groups is 1. The van der Waals surface area contributed by atoms with Crippen molar-refractivity contribution in [3.05, 3.63) is 75.1 Å². The van der Waals surface area contributed by atoms with Crippen molar-refractivity contribution in [2.24, 2.45) is 11.0 Å². The maximum Gasteiger partial charge on any atom is 0.255 e. The van der Waals surface area contributed by atoms with Crippen LogP contribution in [0.25, 0.3) is 5.70 Å². The molecule has 3 atom stereocenters. The molecule has 2 aromatic carbocycles. The zero-order valence-electron chi connectivity index (χ0n) is 20.0. The number of nitrogens with zero attached hydrogens (tertiary/aromatic N) is 3. The van der Waals surface area contributed by atoms with Crippen LogP contribution in [0.4, 0.5) is 13.2 Å². The Morgan fingerprint density at radius 1 is 1.14 bits per heavy atom. The van der Waals surface area contributed by atoms with E-state index >= 15 is 0 Å². The summed E-state index contributed by atoms with van der Waals surface area (Å²) in [7, 11) is 1.78. The van der Waals surface area contributed by atoms with Crippen molar-refractivity contribution < 1.29 is 18.0 Å². The van der Waals surface area contributed by atoms with Crippen LogP contribution in [-0.2, 0) is 6.42 Å². The van der Waals surface area contributed by atoms with E-state index in [-0.39, 0.29) is 34.5 Å². The number of fused-ring (bicyclic) bond motifs is 1. The number of halogens is 4. The van der Waals surface area contributed by atoms with Gasteiger partial charge in [-0.05, 0) is 61.6 Å². The fraction of sp³-hybridized carbons (Fsp3) is 0.385. The quantitative estimate of drug-likeness (QED) is 0.619. The highest BCUT2D eigenvalue weighted by Crippen LogP contribution is 2.38. The van der Waals surface area contributed by atoms with E-state index in [0.717, 1.165) is 24.6 Å². The summed E-state index contributed by atoms with van der Waals surface area (Å²) >= 11 is 6.63. The molecule has 0 bridgehead atoms. The number of hydrazone groups is 1. The molecule has 0 spiro atoms. The molecule has 2 N–H and O–H groups in total. The lowest BCUT2D eigenvalue weighted by Gasteiger charge is -2.39. The predicted octanol–water partition coefficient (Wildman–Crippen LogP) is 4.36. The predicted molar refractivity (Wildman–Crippen MR) is 133 cm³/mol. The van der Waals surface area contributed by atoms with Crippen molar-refractivity contribution in [1.29, 1.82) is 0 Å². The average Bonchev–Trinajstić information content (AvgIpc) is 3.46. The lowest BCUT2D eigenvalue weighted by molar-refractivity contribution is 0.0618. The Morgan fingerprint density at radius 3 is 2.56 bits per heavy atom. The number of likely N-dealkylation sites (tertiary alicyclic amines) is 1. The fourth-order valence-corrected chi connectivity index (χ4v) is 5.69. The zero-order valence-corrected chi connectivity index (χ0v) is 20.7. The van der Waals surface area contributed by atoms with Crippen molar-refractivity contribution in [3.63, 3.8) is 0 Å². The second kappa shape index (κ2) is 9.78. The van der Waals surface area contributed by atoms with Gasteiger partial charge in [-0.15, -0.1) is 0 Å². The van der Waals surface area contributed by atoms with Gasteiger partial charge in [0.05, 0.1) is 28.4 Å². The van der Waals surface area contributed by atoms with Gasteiger partial charge in [0.15, 0.2) is 0 Å². The molecule has 0 aliphatic carbocycles. The van der Waals surface area contributed by atoms with Gasteiger partial charge in [-0.1, -0.05) is 11.6 Å². The number of amides is 1. The molecule has 5 rings (SSSR count). The first-order valence-corrected chi connectivity index (χ1v) is 12.3. The number of hydrogen-bond donors (Lipinski definition) is 2. The first-order chi connectivity index (χ1) is 17.2. The molecule has 2 aromatic rings. The molecule has 1 saturated heterocycles. The van der Waals surface area contributed by atoms with Crippen LogP contribution in [-0.4, -0.2) is 54.3 Å². The SMILES string of the molecule is C[C@H]1C2NN(C)C(c3cc(F)cc(F)c3)=C2CCN1C(=O)c1cc(F)cc(CCC2C=NNC2)c1Cl. The number of nitrogens with one attached hydrogen (secondary N) is 2. The van der Waals surface area contributed by atoms with Gasteiger partial charge < -0.3 is 15.3 Å². The molecular formula is C26H27ClF3N5O.